The fourth-order valence-electron chi connectivity index (χ4n) is 4.54. The maximum Gasteiger partial charge on any atom is 0.254 e. The Balaban J connectivity index is 1.62. The van der Waals surface area contributed by atoms with Gasteiger partial charge in [-0.25, -0.2) is 0 Å². The summed E-state index contributed by atoms with van der Waals surface area (Å²) in [6.45, 7) is 3.09. The zero-order valence-electron chi connectivity index (χ0n) is 18.8. The minimum Gasteiger partial charge on any atom is -0.366 e. The van der Waals surface area contributed by atoms with Crippen LogP contribution in [0.15, 0.2) is 54.6 Å². The van der Waals surface area contributed by atoms with E-state index in [1.54, 1.807) is 24.3 Å². The van der Waals surface area contributed by atoms with E-state index in [2.05, 4.69) is 9.88 Å². The molecule has 1 aromatic heterocycles. The number of rotatable bonds is 4. The maximum atomic E-state index is 13.0. The van der Waals surface area contributed by atoms with Gasteiger partial charge in [-0.3, -0.25) is 14.4 Å². The number of likely N-dealkylation sites (N-methyl/N-ethyl adjacent to an activating group) is 1. The van der Waals surface area contributed by atoms with Crippen molar-refractivity contribution < 1.29 is 14.4 Å². The summed E-state index contributed by atoms with van der Waals surface area (Å²) in [7, 11) is 2.05. The predicted molar refractivity (Wildman–Crippen MR) is 132 cm³/mol. The monoisotopic (exact) mass is 455 g/mol. The Morgan fingerprint density at radius 2 is 1.56 bits per heavy atom. The smallest absolute Gasteiger partial charge is 0.254 e. The number of carbonyl (C=O) groups is 3. The second-order valence-corrected chi connectivity index (χ2v) is 8.74. The van der Waals surface area contributed by atoms with Crippen molar-refractivity contribution in [2.24, 2.45) is 11.5 Å². The molecule has 5 rings (SSSR count). The van der Waals surface area contributed by atoms with Crippen molar-refractivity contribution >= 4 is 39.5 Å². The molecule has 5 N–H and O–H groups in total. The molecule has 8 nitrogen and oxygen atoms in total. The Bertz CT molecular complexity index is 1460. The van der Waals surface area contributed by atoms with Gasteiger partial charge in [-0.2, -0.15) is 0 Å². The highest BCUT2D eigenvalue weighted by atomic mass is 16.2. The van der Waals surface area contributed by atoms with Crippen LogP contribution in [0.2, 0.25) is 0 Å². The number of aromatic amines is 1. The molecule has 1 aliphatic heterocycles. The van der Waals surface area contributed by atoms with Gasteiger partial charge in [0.1, 0.15) is 0 Å². The highest BCUT2D eigenvalue weighted by molar-refractivity contribution is 6.17. The van der Waals surface area contributed by atoms with E-state index in [9.17, 15) is 14.4 Å². The second-order valence-electron chi connectivity index (χ2n) is 8.74. The zero-order valence-corrected chi connectivity index (χ0v) is 18.8. The van der Waals surface area contributed by atoms with Crippen LogP contribution in [-0.4, -0.2) is 65.7 Å². The number of primary amides is 2. The van der Waals surface area contributed by atoms with Crippen molar-refractivity contribution in [2.75, 3.05) is 33.2 Å². The Kier molecular flexibility index (Phi) is 5.30. The molecular weight excluding hydrogens is 430 g/mol. The number of nitrogens with two attached hydrogens (primary N) is 2. The number of hydrogen-bond donors (Lipinski definition) is 3. The maximum absolute atomic E-state index is 13.0. The summed E-state index contributed by atoms with van der Waals surface area (Å²) in [5.74, 6) is -1.10. The first-order valence-corrected chi connectivity index (χ1v) is 11.1. The lowest BCUT2D eigenvalue weighted by molar-refractivity contribution is 0.0664. The number of nitrogens with zero attached hydrogens (tertiary/aromatic N) is 2. The molecule has 0 radical (unpaired) electrons. The lowest BCUT2D eigenvalue weighted by Crippen LogP contribution is -2.47. The normalized spacial score (nSPS) is 14.6. The first kappa shape index (κ1) is 21.7. The lowest BCUT2D eigenvalue weighted by atomic mass is 9.97. The van der Waals surface area contributed by atoms with Gasteiger partial charge in [0.05, 0.1) is 11.1 Å². The molecule has 1 fully saturated rings. The summed E-state index contributed by atoms with van der Waals surface area (Å²) in [5.41, 5.74) is 15.3. The zero-order chi connectivity index (χ0) is 24.0. The van der Waals surface area contributed by atoms with E-state index in [0.29, 0.717) is 35.3 Å². The Labute approximate surface area is 196 Å². The van der Waals surface area contributed by atoms with Gasteiger partial charge in [-0.15, -0.1) is 0 Å². The van der Waals surface area contributed by atoms with Crippen molar-refractivity contribution in [2.45, 2.75) is 0 Å². The topological polar surface area (TPSA) is 126 Å². The molecular formula is C26H25N5O3. The van der Waals surface area contributed by atoms with Crippen molar-refractivity contribution in [3.63, 3.8) is 0 Å². The molecule has 8 heteroatoms. The number of piperazine rings is 1. The quantitative estimate of drug-likeness (QED) is 0.437. The summed E-state index contributed by atoms with van der Waals surface area (Å²) < 4.78 is 0. The van der Waals surface area contributed by atoms with Crippen molar-refractivity contribution in [1.82, 2.24) is 14.8 Å². The fourth-order valence-corrected chi connectivity index (χ4v) is 4.54. The average Bonchev–Trinajstić information content (AvgIpc) is 3.21. The van der Waals surface area contributed by atoms with E-state index in [4.69, 9.17) is 11.5 Å². The number of hydrogen-bond acceptors (Lipinski definition) is 4. The number of amides is 3. The van der Waals surface area contributed by atoms with Crippen molar-refractivity contribution in [1.29, 1.82) is 0 Å². The number of fused-ring (bicyclic) bond motifs is 3. The van der Waals surface area contributed by atoms with Crippen LogP contribution in [0.4, 0.5) is 0 Å². The third-order valence-electron chi connectivity index (χ3n) is 6.49. The van der Waals surface area contributed by atoms with Gasteiger partial charge in [0.2, 0.25) is 5.91 Å². The standard InChI is InChI=1S/C26H25N5O3/c1-30-7-9-31(10-8-30)26(34)17-5-6-19-20-12-18(15-3-2-4-16(11-15)24(27)32)13-21(25(28)33)23(20)29-22(19)14-17/h2-6,11-14,29H,7-10H2,1H3,(H2,27,32)(H2,28,33). The Morgan fingerprint density at radius 1 is 0.794 bits per heavy atom. The van der Waals surface area contributed by atoms with Crippen molar-refractivity contribution in [3.05, 3.63) is 71.3 Å². The minimum absolute atomic E-state index is 0.00673. The molecule has 1 saturated heterocycles. The van der Waals surface area contributed by atoms with Crippen molar-refractivity contribution in [3.8, 4) is 11.1 Å². The summed E-state index contributed by atoms with van der Waals surface area (Å²) in [5, 5.41) is 1.68. The van der Waals surface area contributed by atoms with E-state index in [1.807, 2.05) is 42.3 Å². The average molecular weight is 456 g/mol. The SMILES string of the molecule is CN1CCN(C(=O)c2ccc3c(c2)[nH]c2c(C(N)=O)cc(-c4cccc(C(N)=O)c4)cc23)CC1. The summed E-state index contributed by atoms with van der Waals surface area (Å²) in [6.07, 6.45) is 0. The van der Waals surface area contributed by atoms with E-state index >= 15 is 0 Å². The van der Waals surface area contributed by atoms with E-state index in [-0.39, 0.29) is 5.91 Å². The number of benzene rings is 3. The summed E-state index contributed by atoms with van der Waals surface area (Å²) in [4.78, 5) is 44.4. The van der Waals surface area contributed by atoms with Crippen LogP contribution in [0, 0.1) is 0 Å². The van der Waals surface area contributed by atoms with Crippen LogP contribution in [0.25, 0.3) is 32.9 Å². The molecule has 3 amide bonds. The van der Waals surface area contributed by atoms with Crippen LogP contribution in [-0.2, 0) is 0 Å². The van der Waals surface area contributed by atoms with Gasteiger partial charge in [0.15, 0.2) is 0 Å². The molecule has 2 heterocycles. The molecule has 0 spiro atoms. The fraction of sp³-hybridized carbons (Fsp3) is 0.192. The minimum atomic E-state index is -0.571. The molecule has 34 heavy (non-hydrogen) atoms. The lowest BCUT2D eigenvalue weighted by Gasteiger charge is -2.32. The number of nitrogens with one attached hydrogen (secondary N) is 1. The van der Waals surface area contributed by atoms with Gasteiger partial charge in [0, 0.05) is 53.6 Å². The van der Waals surface area contributed by atoms with Crippen LogP contribution in [0.3, 0.4) is 0 Å². The third-order valence-corrected chi connectivity index (χ3v) is 6.49. The second kappa shape index (κ2) is 8.31. The molecule has 0 atom stereocenters. The molecule has 3 aromatic carbocycles. The van der Waals surface area contributed by atoms with Crippen LogP contribution in [0.5, 0.6) is 0 Å². The van der Waals surface area contributed by atoms with Gasteiger partial charge in [-0.1, -0.05) is 18.2 Å². The van der Waals surface area contributed by atoms with Crippen LogP contribution < -0.4 is 11.5 Å². The van der Waals surface area contributed by atoms with E-state index in [1.165, 1.54) is 0 Å². The van der Waals surface area contributed by atoms with Crippen LogP contribution >= 0.6 is 0 Å². The number of carbonyl (C=O) groups excluding carboxylic acids is 3. The summed E-state index contributed by atoms with van der Waals surface area (Å²) >= 11 is 0. The molecule has 0 unspecified atom stereocenters. The summed E-state index contributed by atoms with van der Waals surface area (Å²) in [6, 6.07) is 16.1. The highest BCUT2D eigenvalue weighted by Crippen LogP contribution is 2.33. The van der Waals surface area contributed by atoms with Gasteiger partial charge in [-0.05, 0) is 54.6 Å². The van der Waals surface area contributed by atoms with Gasteiger partial charge < -0.3 is 26.3 Å². The molecule has 0 saturated carbocycles. The van der Waals surface area contributed by atoms with Gasteiger partial charge in [0.25, 0.3) is 11.8 Å². The molecule has 0 aliphatic carbocycles. The predicted octanol–water partition coefficient (Wildman–Crippen LogP) is 2.57. The van der Waals surface area contributed by atoms with E-state index < -0.39 is 11.8 Å². The Morgan fingerprint density at radius 3 is 2.26 bits per heavy atom. The molecule has 1 aliphatic rings. The molecule has 4 aromatic rings. The number of H-pyrrole nitrogens is 1. The first-order valence-electron chi connectivity index (χ1n) is 11.1. The third kappa shape index (κ3) is 3.78. The molecule has 0 bridgehead atoms. The number of aromatic nitrogens is 1. The van der Waals surface area contributed by atoms with Crippen LogP contribution in [0.1, 0.15) is 31.1 Å². The first-order chi connectivity index (χ1) is 16.3. The largest absolute Gasteiger partial charge is 0.366 e. The Hall–Kier alpha value is -4.17. The highest BCUT2D eigenvalue weighted by Gasteiger charge is 2.22. The van der Waals surface area contributed by atoms with Gasteiger partial charge >= 0.3 is 0 Å². The van der Waals surface area contributed by atoms with E-state index in [0.717, 1.165) is 40.5 Å². The molecule has 172 valence electrons.